The second-order valence-corrected chi connectivity index (χ2v) is 6.85. The van der Waals surface area contributed by atoms with Gasteiger partial charge in [-0.25, -0.2) is 0 Å². The van der Waals surface area contributed by atoms with Gasteiger partial charge in [0.1, 0.15) is 0 Å². The Balaban J connectivity index is 1.87. The van der Waals surface area contributed by atoms with Gasteiger partial charge in [-0.05, 0) is 43.9 Å². The van der Waals surface area contributed by atoms with E-state index in [1.165, 1.54) is 55.5 Å². The molecule has 0 aliphatic heterocycles. The molecule has 0 radical (unpaired) electrons. The summed E-state index contributed by atoms with van der Waals surface area (Å²) in [5.74, 6) is 1.17. The first-order valence-electron chi connectivity index (χ1n) is 7.70. The molecule has 1 aromatic carbocycles. The van der Waals surface area contributed by atoms with Gasteiger partial charge < -0.3 is 5.32 Å². The van der Waals surface area contributed by atoms with E-state index in [4.69, 9.17) is 0 Å². The van der Waals surface area contributed by atoms with Crippen LogP contribution in [-0.4, -0.2) is 17.8 Å². The minimum Gasteiger partial charge on any atom is -0.313 e. The summed E-state index contributed by atoms with van der Waals surface area (Å²) in [4.78, 5) is 0. The maximum atomic E-state index is 3.75. The van der Waals surface area contributed by atoms with Crippen LogP contribution in [0.3, 0.4) is 0 Å². The van der Waals surface area contributed by atoms with Gasteiger partial charge in [-0.3, -0.25) is 0 Å². The molecule has 0 saturated heterocycles. The molecule has 0 heterocycles. The lowest BCUT2D eigenvalue weighted by atomic mass is 9.95. The molecule has 0 bridgehead atoms. The molecule has 2 unspecified atom stereocenters. The third-order valence-corrected chi connectivity index (χ3v) is 5.54. The van der Waals surface area contributed by atoms with Gasteiger partial charge in [-0.2, -0.15) is 11.8 Å². The van der Waals surface area contributed by atoms with E-state index < -0.39 is 0 Å². The maximum absolute atomic E-state index is 3.75. The first-order valence-corrected chi connectivity index (χ1v) is 8.75. The fraction of sp³-hybridized carbons (Fsp3) is 0.647. The molecular formula is C17H27NS. The monoisotopic (exact) mass is 277 g/mol. The predicted molar refractivity (Wildman–Crippen MR) is 86.8 cm³/mol. The molecule has 1 aliphatic rings. The van der Waals surface area contributed by atoms with Crippen molar-refractivity contribution in [3.8, 4) is 0 Å². The molecule has 0 spiro atoms. The first-order chi connectivity index (χ1) is 9.31. The van der Waals surface area contributed by atoms with Crippen molar-refractivity contribution in [1.82, 2.24) is 5.32 Å². The third-order valence-electron chi connectivity index (χ3n) is 4.07. The second kappa shape index (κ2) is 7.96. The summed E-state index contributed by atoms with van der Waals surface area (Å²) in [6.45, 7) is 5.65. The highest BCUT2D eigenvalue weighted by atomic mass is 32.2. The van der Waals surface area contributed by atoms with Crippen molar-refractivity contribution < 1.29 is 0 Å². The van der Waals surface area contributed by atoms with E-state index in [9.17, 15) is 0 Å². The molecule has 0 aromatic heterocycles. The van der Waals surface area contributed by atoms with Gasteiger partial charge in [-0.1, -0.05) is 44.0 Å². The van der Waals surface area contributed by atoms with Crippen LogP contribution in [0.2, 0.25) is 0 Å². The Morgan fingerprint density at radius 3 is 2.79 bits per heavy atom. The summed E-state index contributed by atoms with van der Waals surface area (Å²) in [7, 11) is 0. The van der Waals surface area contributed by atoms with E-state index >= 15 is 0 Å². The Bertz CT molecular complexity index is 377. The van der Waals surface area contributed by atoms with Gasteiger partial charge >= 0.3 is 0 Å². The number of benzene rings is 1. The number of nitrogens with one attached hydrogen (secondary N) is 1. The van der Waals surface area contributed by atoms with E-state index in [1.807, 2.05) is 0 Å². The molecule has 1 aliphatic carbocycles. The SMILES string of the molecule is CCCNC1CCCCC1SCc1ccccc1C. The van der Waals surface area contributed by atoms with Crippen LogP contribution in [0.25, 0.3) is 0 Å². The smallest absolute Gasteiger partial charge is 0.0204 e. The molecule has 2 rings (SSSR count). The van der Waals surface area contributed by atoms with E-state index in [0.717, 1.165) is 11.3 Å². The maximum Gasteiger partial charge on any atom is 0.0204 e. The molecule has 1 nitrogen and oxygen atoms in total. The van der Waals surface area contributed by atoms with E-state index in [0.29, 0.717) is 0 Å². The lowest BCUT2D eigenvalue weighted by molar-refractivity contribution is 0.384. The number of rotatable bonds is 6. The first kappa shape index (κ1) is 14.9. The molecule has 106 valence electrons. The zero-order valence-corrected chi connectivity index (χ0v) is 13.1. The third kappa shape index (κ3) is 4.54. The Hall–Kier alpha value is -0.470. The van der Waals surface area contributed by atoms with Gasteiger partial charge in [0, 0.05) is 17.0 Å². The van der Waals surface area contributed by atoms with E-state index in [1.54, 1.807) is 0 Å². The summed E-state index contributed by atoms with van der Waals surface area (Å²) in [5.41, 5.74) is 2.94. The van der Waals surface area contributed by atoms with Gasteiger partial charge in [0.2, 0.25) is 0 Å². The highest BCUT2D eigenvalue weighted by molar-refractivity contribution is 7.99. The molecular weight excluding hydrogens is 250 g/mol. The zero-order chi connectivity index (χ0) is 13.5. The standard InChI is InChI=1S/C17H27NS/c1-3-12-18-16-10-6-7-11-17(16)19-13-15-9-5-4-8-14(15)2/h4-5,8-9,16-18H,3,6-7,10-13H2,1-2H3. The largest absolute Gasteiger partial charge is 0.313 e. The molecule has 19 heavy (non-hydrogen) atoms. The van der Waals surface area contributed by atoms with Crippen molar-refractivity contribution in [3.63, 3.8) is 0 Å². The van der Waals surface area contributed by atoms with Gasteiger partial charge in [0.15, 0.2) is 0 Å². The molecule has 0 amide bonds. The molecule has 2 atom stereocenters. The molecule has 1 aromatic rings. The van der Waals surface area contributed by atoms with Crippen molar-refractivity contribution in [3.05, 3.63) is 35.4 Å². The van der Waals surface area contributed by atoms with Crippen LogP contribution in [0.1, 0.15) is 50.2 Å². The van der Waals surface area contributed by atoms with Crippen molar-refractivity contribution in [2.75, 3.05) is 6.54 Å². The minimum atomic E-state index is 0.739. The number of aryl methyl sites for hydroxylation is 1. The lowest BCUT2D eigenvalue weighted by Gasteiger charge is -2.32. The van der Waals surface area contributed by atoms with Crippen molar-refractivity contribution in [1.29, 1.82) is 0 Å². The predicted octanol–water partition coefficient (Wildman–Crippen LogP) is 4.54. The van der Waals surface area contributed by atoms with E-state index in [-0.39, 0.29) is 0 Å². The molecule has 1 N–H and O–H groups in total. The summed E-state index contributed by atoms with van der Waals surface area (Å²) < 4.78 is 0. The fourth-order valence-corrected chi connectivity index (χ4v) is 4.34. The number of hydrogen-bond acceptors (Lipinski definition) is 2. The summed E-state index contributed by atoms with van der Waals surface area (Å²) in [5, 5.41) is 4.56. The van der Waals surface area contributed by atoms with Crippen LogP contribution < -0.4 is 5.32 Å². The van der Waals surface area contributed by atoms with E-state index in [2.05, 4.69) is 55.2 Å². The van der Waals surface area contributed by atoms with Crippen LogP contribution in [0.4, 0.5) is 0 Å². The van der Waals surface area contributed by atoms with Crippen LogP contribution in [0.5, 0.6) is 0 Å². The highest BCUT2D eigenvalue weighted by Crippen LogP contribution is 2.31. The lowest BCUT2D eigenvalue weighted by Crippen LogP contribution is -2.40. The van der Waals surface area contributed by atoms with Crippen molar-refractivity contribution in [2.24, 2.45) is 0 Å². The van der Waals surface area contributed by atoms with Crippen molar-refractivity contribution >= 4 is 11.8 Å². The van der Waals surface area contributed by atoms with Gasteiger partial charge in [-0.15, -0.1) is 0 Å². The number of thioether (sulfide) groups is 1. The minimum absolute atomic E-state index is 0.739. The second-order valence-electron chi connectivity index (χ2n) is 5.62. The Morgan fingerprint density at radius 1 is 1.21 bits per heavy atom. The van der Waals surface area contributed by atoms with Gasteiger partial charge in [0.25, 0.3) is 0 Å². The molecule has 1 fully saturated rings. The van der Waals surface area contributed by atoms with Crippen LogP contribution in [0, 0.1) is 6.92 Å². The van der Waals surface area contributed by atoms with Crippen molar-refractivity contribution in [2.45, 2.75) is 63.0 Å². The Labute approximate surface area is 122 Å². The van der Waals surface area contributed by atoms with Crippen LogP contribution in [-0.2, 0) is 5.75 Å². The average molecular weight is 277 g/mol. The highest BCUT2D eigenvalue weighted by Gasteiger charge is 2.24. The van der Waals surface area contributed by atoms with Crippen LogP contribution >= 0.6 is 11.8 Å². The summed E-state index contributed by atoms with van der Waals surface area (Å²) in [6.07, 6.45) is 6.81. The molecule has 2 heteroatoms. The average Bonchev–Trinajstić information content (AvgIpc) is 2.45. The van der Waals surface area contributed by atoms with Crippen LogP contribution in [0.15, 0.2) is 24.3 Å². The fourth-order valence-electron chi connectivity index (χ4n) is 2.83. The molecule has 1 saturated carbocycles. The quantitative estimate of drug-likeness (QED) is 0.819. The number of hydrogen-bond donors (Lipinski definition) is 1. The summed E-state index contributed by atoms with van der Waals surface area (Å²) in [6, 6.07) is 9.54. The zero-order valence-electron chi connectivity index (χ0n) is 12.3. The normalized spacial score (nSPS) is 23.5. The summed E-state index contributed by atoms with van der Waals surface area (Å²) >= 11 is 2.16. The Morgan fingerprint density at radius 2 is 2.00 bits per heavy atom. The Kier molecular flexibility index (Phi) is 6.25. The van der Waals surface area contributed by atoms with Gasteiger partial charge in [0.05, 0.1) is 0 Å². The topological polar surface area (TPSA) is 12.0 Å².